The van der Waals surface area contributed by atoms with Gasteiger partial charge in [-0.25, -0.2) is 0 Å². The number of rotatable bonds is 2. The number of hydrogen-bond acceptors (Lipinski definition) is 2. The van der Waals surface area contributed by atoms with Crippen molar-refractivity contribution in [3.63, 3.8) is 0 Å². The number of aliphatic hydroxyl groups excluding tert-OH is 1. The van der Waals surface area contributed by atoms with Crippen LogP contribution in [0.15, 0.2) is 24.3 Å². The van der Waals surface area contributed by atoms with Crippen LogP contribution in [0.25, 0.3) is 0 Å². The predicted molar refractivity (Wildman–Crippen MR) is 42.9 cm³/mol. The molecule has 1 aromatic rings. The van der Waals surface area contributed by atoms with Gasteiger partial charge in [-0.05, 0) is 0 Å². The summed E-state index contributed by atoms with van der Waals surface area (Å²) in [4.78, 5) is -0.816. The van der Waals surface area contributed by atoms with Crippen molar-refractivity contribution in [3.8, 4) is 0 Å². The summed E-state index contributed by atoms with van der Waals surface area (Å²) in [7, 11) is 0. The van der Waals surface area contributed by atoms with Crippen molar-refractivity contribution in [2.75, 3.05) is 0 Å². The van der Waals surface area contributed by atoms with Crippen LogP contribution in [-0.4, -0.2) is 20.8 Å². The van der Waals surface area contributed by atoms with Gasteiger partial charge in [0.2, 0.25) is 0 Å². The first kappa shape index (κ1) is 8.92. The Bertz CT molecular complexity index is 247. The van der Waals surface area contributed by atoms with Gasteiger partial charge in [0, 0.05) is 0 Å². The molecule has 11 heavy (non-hydrogen) atoms. The van der Waals surface area contributed by atoms with E-state index in [9.17, 15) is 3.74 Å². The Hall–Kier alpha value is -0.172. The number of halogens is 1. The fourth-order valence-corrected chi connectivity index (χ4v) is 1.44. The molecule has 1 aromatic carbocycles. The Morgan fingerprint density at radius 1 is 1.36 bits per heavy atom. The molecule has 0 aliphatic carbocycles. The fourth-order valence-electron chi connectivity index (χ4n) is 0.696. The second-order valence-electron chi connectivity index (χ2n) is 2.03. The number of benzene rings is 1. The Balaban J connectivity index is 2.89. The minimum atomic E-state index is -1.25. The summed E-state index contributed by atoms with van der Waals surface area (Å²) >= 11 is 4.35. The molecule has 58 valence electrons. The van der Waals surface area contributed by atoms with E-state index >= 15 is 0 Å². The third kappa shape index (κ3) is 2.40. The van der Waals surface area contributed by atoms with Gasteiger partial charge in [-0.3, -0.25) is 0 Å². The van der Waals surface area contributed by atoms with Gasteiger partial charge >= 0.3 is 75.9 Å². The standard InChI is InChI=1S/C7H6AsClO2/c9-6-3-1-5(2-4-6)7(10)8-11/h1-4,7,10H. The normalized spacial score (nSPS) is 13.3. The predicted octanol–water partition coefficient (Wildman–Crippen LogP) is 1.38. The monoisotopic (exact) mass is 232 g/mol. The molecule has 4 heteroatoms. The van der Waals surface area contributed by atoms with E-state index in [-0.39, 0.29) is 0 Å². The molecule has 0 saturated heterocycles. The van der Waals surface area contributed by atoms with Crippen LogP contribution < -0.4 is 0 Å². The molecular formula is C7H6AsClO2. The second-order valence-corrected chi connectivity index (χ2v) is 3.94. The zero-order valence-corrected chi connectivity index (χ0v) is 8.20. The van der Waals surface area contributed by atoms with E-state index in [2.05, 4.69) is 0 Å². The zero-order valence-electron chi connectivity index (χ0n) is 5.57. The van der Waals surface area contributed by atoms with Gasteiger partial charge in [0.25, 0.3) is 0 Å². The van der Waals surface area contributed by atoms with Crippen molar-refractivity contribution < 1.29 is 8.85 Å². The van der Waals surface area contributed by atoms with Crippen LogP contribution in [0, 0.1) is 0 Å². The average molecular weight is 232 g/mol. The molecule has 1 rings (SSSR count). The van der Waals surface area contributed by atoms with Crippen LogP contribution in [0.2, 0.25) is 5.02 Å². The summed E-state index contributed by atoms with van der Waals surface area (Å²) in [5.41, 5.74) is 0.657. The van der Waals surface area contributed by atoms with E-state index in [0.717, 1.165) is 0 Å². The number of aliphatic hydroxyl groups is 1. The van der Waals surface area contributed by atoms with E-state index in [4.69, 9.17) is 16.7 Å². The van der Waals surface area contributed by atoms with Gasteiger partial charge in [0.05, 0.1) is 0 Å². The van der Waals surface area contributed by atoms with Crippen molar-refractivity contribution in [1.82, 2.24) is 0 Å². The molecule has 0 aromatic heterocycles. The summed E-state index contributed by atoms with van der Waals surface area (Å²) in [5, 5.41) is 9.72. The topological polar surface area (TPSA) is 37.3 Å². The van der Waals surface area contributed by atoms with Crippen molar-refractivity contribution >= 4 is 27.3 Å². The average Bonchev–Trinajstić information content (AvgIpc) is 2.05. The van der Waals surface area contributed by atoms with Crippen molar-refractivity contribution in [1.29, 1.82) is 0 Å². The minimum absolute atomic E-state index is 0.614. The third-order valence-corrected chi connectivity index (χ3v) is 2.56. The number of hydrogen-bond donors (Lipinski definition) is 1. The summed E-state index contributed by atoms with van der Waals surface area (Å²) in [6, 6.07) is 6.66. The molecule has 0 saturated carbocycles. The van der Waals surface area contributed by atoms with Gasteiger partial charge < -0.3 is 0 Å². The Kier molecular flexibility index (Phi) is 3.25. The molecule has 0 aliphatic heterocycles. The van der Waals surface area contributed by atoms with Crippen molar-refractivity contribution in [3.05, 3.63) is 34.9 Å². The molecule has 0 spiro atoms. The Morgan fingerprint density at radius 3 is 2.36 bits per heavy atom. The van der Waals surface area contributed by atoms with E-state index in [1.807, 2.05) is 0 Å². The van der Waals surface area contributed by atoms with E-state index in [1.54, 1.807) is 24.3 Å². The maximum absolute atomic E-state index is 10.3. The molecule has 2 nitrogen and oxygen atoms in total. The Labute approximate surface area is 76.1 Å². The van der Waals surface area contributed by atoms with Crippen LogP contribution in [0.5, 0.6) is 0 Å². The zero-order chi connectivity index (χ0) is 8.27. The van der Waals surface area contributed by atoms with Crippen LogP contribution in [-0.2, 0) is 3.74 Å². The second kappa shape index (κ2) is 4.01. The molecular weight excluding hydrogens is 226 g/mol. The van der Waals surface area contributed by atoms with Gasteiger partial charge in [0.1, 0.15) is 0 Å². The molecule has 0 radical (unpaired) electrons. The summed E-state index contributed by atoms with van der Waals surface area (Å²) in [5.74, 6) is 0. The molecule has 0 fully saturated rings. The molecule has 1 atom stereocenters. The van der Waals surface area contributed by atoms with E-state index < -0.39 is 20.6 Å². The van der Waals surface area contributed by atoms with Crippen molar-refractivity contribution in [2.24, 2.45) is 0 Å². The van der Waals surface area contributed by atoms with Gasteiger partial charge in [-0.15, -0.1) is 0 Å². The first-order chi connectivity index (χ1) is 5.24. The van der Waals surface area contributed by atoms with Crippen LogP contribution in [0.1, 0.15) is 10.5 Å². The summed E-state index contributed by atoms with van der Waals surface area (Å²) in [6.45, 7) is 0. The molecule has 1 unspecified atom stereocenters. The fraction of sp³-hybridized carbons (Fsp3) is 0.143. The van der Waals surface area contributed by atoms with E-state index in [1.165, 1.54) is 0 Å². The first-order valence-corrected chi connectivity index (χ1v) is 5.23. The van der Waals surface area contributed by atoms with Crippen LogP contribution in [0.3, 0.4) is 0 Å². The molecule has 0 aliphatic rings. The SMILES string of the molecule is O=[As]C(O)c1ccc(Cl)cc1. The molecule has 1 N–H and O–H groups in total. The maximum atomic E-state index is 10.3. The Morgan fingerprint density at radius 2 is 1.91 bits per heavy atom. The summed E-state index contributed by atoms with van der Waals surface area (Å²) in [6.07, 6.45) is 0. The summed E-state index contributed by atoms with van der Waals surface area (Å²) < 4.78 is 10.3. The third-order valence-electron chi connectivity index (χ3n) is 1.27. The van der Waals surface area contributed by atoms with Gasteiger partial charge in [-0.2, -0.15) is 0 Å². The van der Waals surface area contributed by atoms with Crippen molar-refractivity contribution in [2.45, 2.75) is 4.89 Å². The van der Waals surface area contributed by atoms with Crippen LogP contribution in [0.4, 0.5) is 0 Å². The first-order valence-electron chi connectivity index (χ1n) is 3.00. The van der Waals surface area contributed by atoms with Gasteiger partial charge in [0.15, 0.2) is 0 Å². The molecule has 0 amide bonds. The quantitative estimate of drug-likeness (QED) is 0.782. The van der Waals surface area contributed by atoms with E-state index in [0.29, 0.717) is 10.6 Å². The molecule has 0 heterocycles. The molecule has 0 bridgehead atoms. The van der Waals surface area contributed by atoms with Crippen LogP contribution >= 0.6 is 11.6 Å². The van der Waals surface area contributed by atoms with Gasteiger partial charge in [-0.1, -0.05) is 0 Å².